The van der Waals surface area contributed by atoms with E-state index in [1.807, 2.05) is 4.90 Å². The van der Waals surface area contributed by atoms with Gasteiger partial charge in [-0.25, -0.2) is 9.37 Å². The van der Waals surface area contributed by atoms with E-state index < -0.39 is 5.82 Å². The molecule has 120 valence electrons. The quantitative estimate of drug-likeness (QED) is 0.887. The Morgan fingerprint density at radius 1 is 1.41 bits per heavy atom. The second kappa shape index (κ2) is 6.87. The minimum absolute atomic E-state index is 0.0181. The summed E-state index contributed by atoms with van der Waals surface area (Å²) in [6.45, 7) is 5.02. The van der Waals surface area contributed by atoms with Crippen molar-refractivity contribution in [1.29, 1.82) is 0 Å². The molecule has 0 aromatic carbocycles. The molecule has 8 heteroatoms. The first-order valence-corrected chi connectivity index (χ1v) is 7.57. The molecule has 1 saturated heterocycles. The van der Waals surface area contributed by atoms with Gasteiger partial charge in [0.05, 0.1) is 31.7 Å². The van der Waals surface area contributed by atoms with Crippen LogP contribution in [0.15, 0.2) is 11.4 Å². The SMILES string of the molecule is CCC1=NOC(CNc2ncc(F)c(N3CCOCC3)n2)C1. The van der Waals surface area contributed by atoms with Crippen molar-refractivity contribution in [3.63, 3.8) is 0 Å². The van der Waals surface area contributed by atoms with Crippen molar-refractivity contribution in [3.05, 3.63) is 12.0 Å². The van der Waals surface area contributed by atoms with Crippen molar-refractivity contribution in [2.45, 2.75) is 25.9 Å². The molecule has 0 bridgehead atoms. The van der Waals surface area contributed by atoms with Crippen LogP contribution < -0.4 is 10.2 Å². The molecule has 0 amide bonds. The third-order valence-corrected chi connectivity index (χ3v) is 3.73. The lowest BCUT2D eigenvalue weighted by molar-refractivity contribution is 0.0948. The number of nitrogens with zero attached hydrogens (tertiary/aromatic N) is 4. The smallest absolute Gasteiger partial charge is 0.224 e. The van der Waals surface area contributed by atoms with E-state index in [2.05, 4.69) is 27.4 Å². The summed E-state index contributed by atoms with van der Waals surface area (Å²) >= 11 is 0. The maximum atomic E-state index is 13.9. The molecule has 7 nitrogen and oxygen atoms in total. The Hall–Kier alpha value is -1.96. The Bertz CT molecular complexity index is 548. The zero-order valence-electron chi connectivity index (χ0n) is 12.6. The van der Waals surface area contributed by atoms with E-state index in [-0.39, 0.29) is 6.10 Å². The van der Waals surface area contributed by atoms with Gasteiger partial charge in [0, 0.05) is 19.5 Å². The van der Waals surface area contributed by atoms with Crippen LogP contribution in [0.1, 0.15) is 19.8 Å². The molecule has 3 heterocycles. The fraction of sp³-hybridized carbons (Fsp3) is 0.643. The van der Waals surface area contributed by atoms with E-state index in [1.165, 1.54) is 6.20 Å². The largest absolute Gasteiger partial charge is 0.390 e. The molecule has 0 spiro atoms. The number of halogens is 1. The topological polar surface area (TPSA) is 71.9 Å². The number of morpholine rings is 1. The summed E-state index contributed by atoms with van der Waals surface area (Å²) in [6, 6.07) is 0. The van der Waals surface area contributed by atoms with E-state index in [0.29, 0.717) is 44.6 Å². The highest BCUT2D eigenvalue weighted by Gasteiger charge is 2.21. The number of rotatable bonds is 5. The summed E-state index contributed by atoms with van der Waals surface area (Å²) in [5.41, 5.74) is 1.06. The lowest BCUT2D eigenvalue weighted by Crippen LogP contribution is -2.37. The molecule has 1 fully saturated rings. The van der Waals surface area contributed by atoms with E-state index in [1.54, 1.807) is 0 Å². The van der Waals surface area contributed by atoms with Crippen LogP contribution in [0.4, 0.5) is 16.2 Å². The lowest BCUT2D eigenvalue weighted by Gasteiger charge is -2.28. The maximum absolute atomic E-state index is 13.9. The Kier molecular flexibility index (Phi) is 4.67. The molecular formula is C14H20FN5O2. The molecule has 22 heavy (non-hydrogen) atoms. The van der Waals surface area contributed by atoms with Crippen LogP contribution in [0.5, 0.6) is 0 Å². The van der Waals surface area contributed by atoms with Crippen molar-refractivity contribution in [3.8, 4) is 0 Å². The van der Waals surface area contributed by atoms with Crippen molar-refractivity contribution in [1.82, 2.24) is 9.97 Å². The van der Waals surface area contributed by atoms with E-state index in [9.17, 15) is 4.39 Å². The summed E-state index contributed by atoms with van der Waals surface area (Å²) in [6.07, 6.45) is 2.88. The summed E-state index contributed by atoms with van der Waals surface area (Å²) < 4.78 is 19.2. The van der Waals surface area contributed by atoms with Crippen molar-refractivity contribution in [2.24, 2.45) is 5.16 Å². The Balaban J connectivity index is 1.60. The fourth-order valence-electron chi connectivity index (χ4n) is 2.45. The third-order valence-electron chi connectivity index (χ3n) is 3.73. The Labute approximate surface area is 128 Å². The average Bonchev–Trinajstić information content (AvgIpc) is 3.03. The third kappa shape index (κ3) is 3.44. The van der Waals surface area contributed by atoms with Gasteiger partial charge >= 0.3 is 0 Å². The van der Waals surface area contributed by atoms with Crippen molar-refractivity contribution < 1.29 is 14.0 Å². The molecule has 1 aromatic heterocycles. The maximum Gasteiger partial charge on any atom is 0.224 e. The number of anilines is 2. The normalized spacial score (nSPS) is 21.5. The summed E-state index contributed by atoms with van der Waals surface area (Å²) in [5, 5.41) is 7.10. The molecule has 0 saturated carbocycles. The molecule has 0 aliphatic carbocycles. The number of ether oxygens (including phenoxy) is 1. The van der Waals surface area contributed by atoms with Gasteiger partial charge in [-0.15, -0.1) is 0 Å². The molecule has 1 atom stereocenters. The van der Waals surface area contributed by atoms with Crippen LogP contribution in [0.2, 0.25) is 0 Å². The van der Waals surface area contributed by atoms with Gasteiger partial charge in [-0.1, -0.05) is 12.1 Å². The predicted molar refractivity (Wildman–Crippen MR) is 80.7 cm³/mol. The van der Waals surface area contributed by atoms with Gasteiger partial charge in [-0.2, -0.15) is 4.98 Å². The van der Waals surface area contributed by atoms with Gasteiger partial charge in [0.1, 0.15) is 6.10 Å². The van der Waals surface area contributed by atoms with E-state index in [0.717, 1.165) is 18.6 Å². The molecule has 2 aliphatic heterocycles. The van der Waals surface area contributed by atoms with Gasteiger partial charge in [0.15, 0.2) is 11.6 Å². The van der Waals surface area contributed by atoms with Crippen LogP contribution in [0, 0.1) is 5.82 Å². The lowest BCUT2D eigenvalue weighted by atomic mass is 10.1. The van der Waals surface area contributed by atoms with E-state index in [4.69, 9.17) is 9.57 Å². The number of aromatic nitrogens is 2. The highest BCUT2D eigenvalue weighted by Crippen LogP contribution is 2.19. The first kappa shape index (κ1) is 15.0. The van der Waals surface area contributed by atoms with Gasteiger partial charge in [-0.3, -0.25) is 0 Å². The minimum atomic E-state index is -0.416. The Morgan fingerprint density at radius 3 is 2.95 bits per heavy atom. The molecule has 3 rings (SSSR count). The van der Waals surface area contributed by atoms with Crippen LogP contribution in [0.3, 0.4) is 0 Å². The highest BCUT2D eigenvalue weighted by atomic mass is 19.1. The first-order chi connectivity index (χ1) is 10.8. The first-order valence-electron chi connectivity index (χ1n) is 7.57. The van der Waals surface area contributed by atoms with Crippen LogP contribution in [-0.4, -0.2) is 54.6 Å². The summed E-state index contributed by atoms with van der Waals surface area (Å²) in [7, 11) is 0. The molecular weight excluding hydrogens is 289 g/mol. The zero-order valence-corrected chi connectivity index (χ0v) is 12.6. The highest BCUT2D eigenvalue weighted by molar-refractivity contribution is 5.85. The number of oxime groups is 1. The standard InChI is InChI=1S/C14H20FN5O2/c1-2-10-7-11(22-19-10)8-16-14-17-9-12(15)13(18-14)20-3-5-21-6-4-20/h9,11H,2-8H2,1H3,(H,16,17,18). The zero-order chi connectivity index (χ0) is 15.4. The van der Waals surface area contributed by atoms with Gasteiger partial charge < -0.3 is 19.8 Å². The minimum Gasteiger partial charge on any atom is -0.390 e. The Morgan fingerprint density at radius 2 is 2.23 bits per heavy atom. The molecule has 1 aromatic rings. The van der Waals surface area contributed by atoms with Crippen molar-refractivity contribution in [2.75, 3.05) is 43.1 Å². The molecule has 0 radical (unpaired) electrons. The van der Waals surface area contributed by atoms with Crippen LogP contribution >= 0.6 is 0 Å². The molecule has 1 unspecified atom stereocenters. The second-order valence-corrected chi connectivity index (χ2v) is 5.29. The van der Waals surface area contributed by atoms with Crippen molar-refractivity contribution >= 4 is 17.5 Å². The second-order valence-electron chi connectivity index (χ2n) is 5.29. The predicted octanol–water partition coefficient (Wildman–Crippen LogP) is 1.42. The van der Waals surface area contributed by atoms with Gasteiger partial charge in [0.25, 0.3) is 0 Å². The molecule has 2 aliphatic rings. The van der Waals surface area contributed by atoms with E-state index >= 15 is 0 Å². The number of hydrogen-bond acceptors (Lipinski definition) is 7. The van der Waals surface area contributed by atoms with Crippen LogP contribution in [0.25, 0.3) is 0 Å². The fourth-order valence-corrected chi connectivity index (χ4v) is 2.45. The monoisotopic (exact) mass is 309 g/mol. The van der Waals surface area contributed by atoms with Crippen LogP contribution in [-0.2, 0) is 9.57 Å². The average molecular weight is 309 g/mol. The summed E-state index contributed by atoms with van der Waals surface area (Å²) in [5.74, 6) is 0.302. The van der Waals surface area contributed by atoms with Gasteiger partial charge in [0.2, 0.25) is 5.95 Å². The summed E-state index contributed by atoms with van der Waals surface area (Å²) in [4.78, 5) is 15.5. The number of nitrogens with one attached hydrogen (secondary N) is 1. The van der Waals surface area contributed by atoms with Gasteiger partial charge in [-0.05, 0) is 6.42 Å². The number of hydrogen-bond donors (Lipinski definition) is 1. The molecule has 1 N–H and O–H groups in total.